The smallest absolute Gasteiger partial charge is 0.0794 e. The van der Waals surface area contributed by atoms with E-state index in [0.717, 1.165) is 24.3 Å². The first-order chi connectivity index (χ1) is 12.6. The molecule has 4 bridgehead atoms. The molecular weight excluding hydrogens is 338 g/mol. The maximum Gasteiger partial charge on any atom is 0.0794 e. The van der Waals surface area contributed by atoms with Gasteiger partial charge in [0, 0.05) is 5.41 Å². The average Bonchev–Trinajstić information content (AvgIpc) is 3.05. The van der Waals surface area contributed by atoms with Gasteiger partial charge in [0.1, 0.15) is 0 Å². The third kappa shape index (κ3) is 2.30. The number of ether oxygens (including phenoxy) is 1. The molecule has 4 aliphatic rings. The van der Waals surface area contributed by atoms with Crippen LogP contribution in [0.15, 0.2) is 60.7 Å². The summed E-state index contributed by atoms with van der Waals surface area (Å²) in [6, 6.07) is 21.5. The molecule has 4 aliphatic carbocycles. The highest BCUT2D eigenvalue weighted by Crippen LogP contribution is 2.71. The van der Waals surface area contributed by atoms with Gasteiger partial charge in [-0.1, -0.05) is 72.9 Å². The van der Waals surface area contributed by atoms with Crippen LogP contribution in [0.5, 0.6) is 0 Å². The molecule has 0 amide bonds. The minimum Gasteiger partial charge on any atom is -0.393 e. The highest BCUT2D eigenvalue weighted by molar-refractivity contribution is 7.80. The van der Waals surface area contributed by atoms with Crippen molar-refractivity contribution in [2.45, 2.75) is 43.8 Å². The summed E-state index contributed by atoms with van der Waals surface area (Å²) in [6.07, 6.45) is 4.87. The van der Waals surface area contributed by atoms with E-state index in [9.17, 15) is 0 Å². The van der Waals surface area contributed by atoms with E-state index in [1.165, 1.54) is 17.5 Å². The molecule has 26 heavy (non-hydrogen) atoms. The van der Waals surface area contributed by atoms with Gasteiger partial charge in [0.05, 0.1) is 17.7 Å². The van der Waals surface area contributed by atoms with E-state index in [1.807, 2.05) is 6.07 Å². The summed E-state index contributed by atoms with van der Waals surface area (Å²) < 4.78 is 6.49. The summed E-state index contributed by atoms with van der Waals surface area (Å²) in [7, 11) is 0. The van der Waals surface area contributed by atoms with Crippen LogP contribution in [-0.4, -0.2) is 11.1 Å². The quantitative estimate of drug-likeness (QED) is 0.788. The molecule has 2 N–H and O–H groups in total. The summed E-state index contributed by atoms with van der Waals surface area (Å²) in [4.78, 5) is 0.718. The van der Waals surface area contributed by atoms with Crippen LogP contribution in [0.2, 0.25) is 0 Å². The minimum absolute atomic E-state index is 0.00452. The number of nitrogens with two attached hydrogens (primary N) is 1. The predicted molar refractivity (Wildman–Crippen MR) is 108 cm³/mol. The second-order valence-electron chi connectivity index (χ2n) is 8.58. The molecule has 2 nitrogen and oxygen atoms in total. The van der Waals surface area contributed by atoms with E-state index in [4.69, 9.17) is 22.7 Å². The van der Waals surface area contributed by atoms with Gasteiger partial charge in [0.15, 0.2) is 0 Å². The fraction of sp³-hybridized carbons (Fsp3) is 0.435. The normalized spacial score (nSPS) is 37.2. The van der Waals surface area contributed by atoms with Crippen molar-refractivity contribution in [2.75, 3.05) is 0 Å². The Morgan fingerprint density at radius 2 is 1.69 bits per heavy atom. The van der Waals surface area contributed by atoms with Crippen LogP contribution in [0, 0.1) is 17.3 Å². The van der Waals surface area contributed by atoms with Gasteiger partial charge in [-0.2, -0.15) is 0 Å². The number of benzene rings is 2. The summed E-state index contributed by atoms with van der Waals surface area (Å²) in [5, 5.41) is 0. The SMILES string of the molecule is NC(=S)C12CC3CC(c4ccccc4)(CC1C3OCc1ccccc1)C2. The van der Waals surface area contributed by atoms with Gasteiger partial charge in [-0.25, -0.2) is 0 Å². The van der Waals surface area contributed by atoms with Gasteiger partial charge in [-0.3, -0.25) is 0 Å². The van der Waals surface area contributed by atoms with Crippen LogP contribution < -0.4 is 5.73 Å². The maximum absolute atomic E-state index is 6.49. The molecule has 0 heterocycles. The maximum atomic E-state index is 6.49. The first kappa shape index (κ1) is 16.5. The number of hydrogen-bond donors (Lipinski definition) is 1. The predicted octanol–water partition coefficient (Wildman–Crippen LogP) is 4.62. The molecule has 2 aromatic carbocycles. The lowest BCUT2D eigenvalue weighted by atomic mass is 9.63. The Morgan fingerprint density at radius 1 is 1.00 bits per heavy atom. The molecule has 0 radical (unpaired) electrons. The Balaban J connectivity index is 1.44. The molecule has 0 aromatic heterocycles. The van der Waals surface area contributed by atoms with Crippen molar-refractivity contribution < 1.29 is 4.74 Å². The van der Waals surface area contributed by atoms with Crippen LogP contribution in [-0.2, 0) is 16.8 Å². The van der Waals surface area contributed by atoms with Crippen molar-refractivity contribution >= 4 is 17.2 Å². The van der Waals surface area contributed by atoms with E-state index in [1.54, 1.807) is 0 Å². The highest BCUT2D eigenvalue weighted by atomic mass is 32.1. The zero-order valence-electron chi connectivity index (χ0n) is 14.9. The monoisotopic (exact) mass is 363 g/mol. The van der Waals surface area contributed by atoms with Gasteiger partial charge < -0.3 is 10.5 Å². The van der Waals surface area contributed by atoms with Gasteiger partial charge in [0.2, 0.25) is 0 Å². The van der Waals surface area contributed by atoms with E-state index in [0.29, 0.717) is 18.4 Å². The second-order valence-corrected chi connectivity index (χ2v) is 9.02. The second kappa shape index (κ2) is 5.90. The topological polar surface area (TPSA) is 35.2 Å². The Hall–Kier alpha value is -1.71. The Labute approximate surface area is 160 Å². The lowest BCUT2D eigenvalue weighted by molar-refractivity contribution is -0.0380. The molecule has 6 rings (SSSR count). The fourth-order valence-electron chi connectivity index (χ4n) is 6.35. The number of rotatable bonds is 5. The standard InChI is InChI=1S/C23H25NOS/c24-21(26)23-12-17-11-22(15-23,18-9-5-2-6-10-18)13-19(23)20(17)25-14-16-7-3-1-4-8-16/h1-10,17,19-20H,11-15H2,(H2,24,26). The zero-order chi connectivity index (χ0) is 17.8. The first-order valence-electron chi connectivity index (χ1n) is 9.64. The lowest BCUT2D eigenvalue weighted by Crippen LogP contribution is -2.40. The van der Waals surface area contributed by atoms with Crippen molar-refractivity contribution in [3.05, 3.63) is 71.8 Å². The third-order valence-corrected chi connectivity index (χ3v) is 7.68. The Bertz CT molecular complexity index is 823. The molecule has 0 aliphatic heterocycles. The van der Waals surface area contributed by atoms with Crippen LogP contribution in [0.3, 0.4) is 0 Å². The fourth-order valence-corrected chi connectivity index (χ4v) is 6.66. The van der Waals surface area contributed by atoms with Gasteiger partial charge in [0.25, 0.3) is 0 Å². The molecule has 3 heteroatoms. The summed E-state index contributed by atoms with van der Waals surface area (Å²) >= 11 is 5.61. The van der Waals surface area contributed by atoms with Crippen LogP contribution in [0.25, 0.3) is 0 Å². The van der Waals surface area contributed by atoms with Crippen LogP contribution >= 0.6 is 12.2 Å². The molecule has 5 unspecified atom stereocenters. The molecule has 4 fully saturated rings. The minimum atomic E-state index is -0.00452. The number of thiocarbonyl (C=S) groups is 1. The highest BCUT2D eigenvalue weighted by Gasteiger charge is 2.69. The summed E-state index contributed by atoms with van der Waals surface area (Å²) in [5.74, 6) is 1.02. The lowest BCUT2D eigenvalue weighted by Gasteiger charge is -2.43. The molecule has 5 atom stereocenters. The van der Waals surface area contributed by atoms with Crippen molar-refractivity contribution in [1.29, 1.82) is 0 Å². The van der Waals surface area contributed by atoms with Crippen molar-refractivity contribution in [1.82, 2.24) is 0 Å². The average molecular weight is 364 g/mol. The van der Waals surface area contributed by atoms with Crippen molar-refractivity contribution in [3.8, 4) is 0 Å². The first-order valence-corrected chi connectivity index (χ1v) is 10.0. The molecule has 134 valence electrons. The third-order valence-electron chi connectivity index (χ3n) is 7.28. The van der Waals surface area contributed by atoms with Gasteiger partial charge in [-0.15, -0.1) is 0 Å². The summed E-state index contributed by atoms with van der Waals surface area (Å²) in [5.41, 5.74) is 9.28. The van der Waals surface area contributed by atoms with Gasteiger partial charge >= 0.3 is 0 Å². The van der Waals surface area contributed by atoms with Crippen molar-refractivity contribution in [3.63, 3.8) is 0 Å². The molecular formula is C23H25NOS. The van der Waals surface area contributed by atoms with Gasteiger partial charge in [-0.05, 0) is 54.1 Å². The van der Waals surface area contributed by atoms with E-state index >= 15 is 0 Å². The van der Waals surface area contributed by atoms with Crippen LogP contribution in [0.1, 0.15) is 36.8 Å². The Morgan fingerprint density at radius 3 is 2.38 bits per heavy atom. The zero-order valence-corrected chi connectivity index (χ0v) is 15.8. The molecule has 0 saturated heterocycles. The van der Waals surface area contributed by atoms with Crippen molar-refractivity contribution in [2.24, 2.45) is 23.0 Å². The summed E-state index contributed by atoms with van der Waals surface area (Å²) in [6.45, 7) is 0.685. The molecule has 0 spiro atoms. The number of hydrogen-bond acceptors (Lipinski definition) is 2. The largest absolute Gasteiger partial charge is 0.393 e. The van der Waals surface area contributed by atoms with E-state index in [2.05, 4.69) is 54.6 Å². The van der Waals surface area contributed by atoms with Crippen LogP contribution in [0.4, 0.5) is 0 Å². The van der Waals surface area contributed by atoms with E-state index in [-0.39, 0.29) is 16.9 Å². The molecule has 2 aromatic rings. The Kier molecular flexibility index (Phi) is 3.74. The molecule has 4 saturated carbocycles. The van der Waals surface area contributed by atoms with E-state index < -0.39 is 0 Å².